The van der Waals surface area contributed by atoms with Gasteiger partial charge in [0.15, 0.2) is 5.82 Å². The standard InChI is InChI=1S/C16H18N4O2/c1-10-14(11(2)22-20-10)9-16-17-15(18-19-16)8-12-4-6-13(21-3)7-5-12/h4-7H,8-9H2,1-3H3,(H,17,18,19). The maximum Gasteiger partial charge on any atom is 0.155 e. The number of benzene rings is 1. The lowest BCUT2D eigenvalue weighted by atomic mass is 10.1. The van der Waals surface area contributed by atoms with Crippen LogP contribution in [0, 0.1) is 13.8 Å². The zero-order valence-corrected chi connectivity index (χ0v) is 12.9. The van der Waals surface area contributed by atoms with E-state index in [0.717, 1.165) is 40.0 Å². The lowest BCUT2D eigenvalue weighted by molar-refractivity contribution is 0.392. The molecule has 0 bridgehead atoms. The highest BCUT2D eigenvalue weighted by atomic mass is 16.5. The summed E-state index contributed by atoms with van der Waals surface area (Å²) < 4.78 is 10.3. The van der Waals surface area contributed by atoms with Crippen LogP contribution < -0.4 is 4.74 Å². The Balaban J connectivity index is 1.70. The number of hydrogen-bond acceptors (Lipinski definition) is 5. The second kappa shape index (κ2) is 6.01. The molecular weight excluding hydrogens is 280 g/mol. The molecule has 0 saturated heterocycles. The van der Waals surface area contributed by atoms with Gasteiger partial charge < -0.3 is 9.26 Å². The smallest absolute Gasteiger partial charge is 0.155 e. The second-order valence-corrected chi connectivity index (χ2v) is 5.20. The number of hydrogen-bond donors (Lipinski definition) is 1. The molecule has 0 aliphatic heterocycles. The number of aromatic amines is 1. The van der Waals surface area contributed by atoms with Gasteiger partial charge in [0.1, 0.15) is 17.3 Å². The molecule has 6 nitrogen and oxygen atoms in total. The Morgan fingerprint density at radius 2 is 1.91 bits per heavy atom. The van der Waals surface area contributed by atoms with E-state index in [2.05, 4.69) is 20.3 Å². The lowest BCUT2D eigenvalue weighted by Crippen LogP contribution is -1.95. The fourth-order valence-corrected chi connectivity index (χ4v) is 2.34. The summed E-state index contributed by atoms with van der Waals surface area (Å²) in [7, 11) is 1.66. The van der Waals surface area contributed by atoms with Crippen LogP contribution in [0.4, 0.5) is 0 Å². The highest BCUT2D eigenvalue weighted by Crippen LogP contribution is 2.16. The molecule has 0 aliphatic rings. The summed E-state index contributed by atoms with van der Waals surface area (Å²) in [6.45, 7) is 3.83. The van der Waals surface area contributed by atoms with E-state index in [-0.39, 0.29) is 0 Å². The monoisotopic (exact) mass is 298 g/mol. The minimum absolute atomic E-state index is 0.625. The number of ether oxygens (including phenoxy) is 1. The van der Waals surface area contributed by atoms with Crippen LogP contribution in [-0.2, 0) is 12.8 Å². The molecule has 2 heterocycles. The molecule has 0 aliphatic carbocycles. The molecule has 0 fully saturated rings. The zero-order chi connectivity index (χ0) is 15.5. The molecule has 1 aromatic carbocycles. The summed E-state index contributed by atoms with van der Waals surface area (Å²) >= 11 is 0. The Hall–Kier alpha value is -2.63. The number of H-pyrrole nitrogens is 1. The summed E-state index contributed by atoms with van der Waals surface area (Å²) in [5.74, 6) is 3.25. The Morgan fingerprint density at radius 3 is 2.55 bits per heavy atom. The summed E-state index contributed by atoms with van der Waals surface area (Å²) in [6, 6.07) is 7.93. The maximum atomic E-state index is 5.16. The van der Waals surface area contributed by atoms with Crippen LogP contribution in [-0.4, -0.2) is 27.4 Å². The molecule has 2 aromatic heterocycles. The quantitative estimate of drug-likeness (QED) is 0.783. The van der Waals surface area contributed by atoms with Gasteiger partial charge in [0.25, 0.3) is 0 Å². The van der Waals surface area contributed by atoms with Crippen molar-refractivity contribution >= 4 is 0 Å². The number of nitrogens with zero attached hydrogens (tertiary/aromatic N) is 3. The van der Waals surface area contributed by atoms with Crippen LogP contribution in [0.1, 0.15) is 34.2 Å². The summed E-state index contributed by atoms with van der Waals surface area (Å²) in [6.07, 6.45) is 1.33. The van der Waals surface area contributed by atoms with E-state index in [1.54, 1.807) is 7.11 Å². The van der Waals surface area contributed by atoms with Crippen LogP contribution in [0.15, 0.2) is 28.8 Å². The average molecular weight is 298 g/mol. The minimum Gasteiger partial charge on any atom is -0.497 e. The number of rotatable bonds is 5. The SMILES string of the molecule is COc1ccc(Cc2nc(Cc3c(C)noc3C)n[nH]2)cc1. The van der Waals surface area contributed by atoms with Crippen molar-refractivity contribution in [3.05, 3.63) is 58.5 Å². The van der Waals surface area contributed by atoms with E-state index < -0.39 is 0 Å². The molecular formula is C16H18N4O2. The molecule has 0 spiro atoms. The molecule has 0 radical (unpaired) electrons. The molecule has 0 atom stereocenters. The summed E-state index contributed by atoms with van der Waals surface area (Å²) in [5.41, 5.74) is 3.09. The Bertz CT molecular complexity index is 739. The molecule has 1 N–H and O–H groups in total. The van der Waals surface area contributed by atoms with Gasteiger partial charge in [-0.1, -0.05) is 17.3 Å². The van der Waals surface area contributed by atoms with E-state index in [1.807, 2.05) is 38.1 Å². The average Bonchev–Trinajstić information content (AvgIpc) is 3.10. The molecule has 3 rings (SSSR count). The Kier molecular flexibility index (Phi) is 3.91. The lowest BCUT2D eigenvalue weighted by Gasteiger charge is -2.01. The highest BCUT2D eigenvalue weighted by molar-refractivity contribution is 5.29. The third kappa shape index (κ3) is 3.00. The first kappa shape index (κ1) is 14.3. The minimum atomic E-state index is 0.625. The van der Waals surface area contributed by atoms with Gasteiger partial charge >= 0.3 is 0 Å². The van der Waals surface area contributed by atoms with Gasteiger partial charge in [-0.15, -0.1) is 0 Å². The topological polar surface area (TPSA) is 76.8 Å². The normalized spacial score (nSPS) is 10.9. The van der Waals surface area contributed by atoms with Crippen LogP contribution in [0.2, 0.25) is 0 Å². The molecule has 3 aromatic rings. The van der Waals surface area contributed by atoms with Crippen molar-refractivity contribution in [2.45, 2.75) is 26.7 Å². The second-order valence-electron chi connectivity index (χ2n) is 5.20. The first-order chi connectivity index (χ1) is 10.7. The largest absolute Gasteiger partial charge is 0.497 e. The number of aromatic nitrogens is 4. The molecule has 0 unspecified atom stereocenters. The first-order valence-corrected chi connectivity index (χ1v) is 7.10. The molecule has 0 amide bonds. The number of methoxy groups -OCH3 is 1. The fourth-order valence-electron chi connectivity index (χ4n) is 2.34. The molecule has 0 saturated carbocycles. The van der Waals surface area contributed by atoms with Crippen LogP contribution >= 0.6 is 0 Å². The van der Waals surface area contributed by atoms with Crippen LogP contribution in [0.3, 0.4) is 0 Å². The van der Waals surface area contributed by atoms with E-state index in [9.17, 15) is 0 Å². The Morgan fingerprint density at radius 1 is 1.14 bits per heavy atom. The molecule has 6 heteroatoms. The predicted molar refractivity (Wildman–Crippen MR) is 81.0 cm³/mol. The zero-order valence-electron chi connectivity index (χ0n) is 12.9. The van der Waals surface area contributed by atoms with E-state index in [0.29, 0.717) is 12.8 Å². The van der Waals surface area contributed by atoms with Gasteiger partial charge in [-0.3, -0.25) is 5.10 Å². The Labute approximate surface area is 128 Å². The van der Waals surface area contributed by atoms with E-state index >= 15 is 0 Å². The van der Waals surface area contributed by atoms with E-state index in [1.165, 1.54) is 0 Å². The van der Waals surface area contributed by atoms with Crippen molar-refractivity contribution in [2.24, 2.45) is 0 Å². The van der Waals surface area contributed by atoms with Crippen molar-refractivity contribution in [2.75, 3.05) is 7.11 Å². The first-order valence-electron chi connectivity index (χ1n) is 7.10. The van der Waals surface area contributed by atoms with Gasteiger partial charge in [-0.25, -0.2) is 4.98 Å². The molecule has 22 heavy (non-hydrogen) atoms. The fraction of sp³-hybridized carbons (Fsp3) is 0.312. The summed E-state index contributed by atoms with van der Waals surface area (Å²) in [5, 5.41) is 11.2. The van der Waals surface area contributed by atoms with Gasteiger partial charge in [-0.05, 0) is 31.5 Å². The van der Waals surface area contributed by atoms with Crippen LogP contribution in [0.25, 0.3) is 0 Å². The maximum absolute atomic E-state index is 5.16. The van der Waals surface area contributed by atoms with Crippen molar-refractivity contribution in [3.8, 4) is 5.75 Å². The number of nitrogens with one attached hydrogen (secondary N) is 1. The van der Waals surface area contributed by atoms with Crippen molar-refractivity contribution in [3.63, 3.8) is 0 Å². The predicted octanol–water partition coefficient (Wildman–Crippen LogP) is 2.60. The van der Waals surface area contributed by atoms with Crippen molar-refractivity contribution < 1.29 is 9.26 Å². The summed E-state index contributed by atoms with van der Waals surface area (Å²) in [4.78, 5) is 4.54. The third-order valence-electron chi connectivity index (χ3n) is 3.62. The van der Waals surface area contributed by atoms with Crippen molar-refractivity contribution in [1.82, 2.24) is 20.3 Å². The third-order valence-corrected chi connectivity index (χ3v) is 3.62. The van der Waals surface area contributed by atoms with Crippen LogP contribution in [0.5, 0.6) is 5.75 Å². The van der Waals surface area contributed by atoms with Gasteiger partial charge in [0.05, 0.1) is 12.8 Å². The molecule has 114 valence electrons. The van der Waals surface area contributed by atoms with E-state index in [4.69, 9.17) is 9.26 Å². The highest BCUT2D eigenvalue weighted by Gasteiger charge is 2.13. The van der Waals surface area contributed by atoms with Gasteiger partial charge in [0, 0.05) is 18.4 Å². The number of aryl methyl sites for hydroxylation is 2. The van der Waals surface area contributed by atoms with Gasteiger partial charge in [0.2, 0.25) is 0 Å². The van der Waals surface area contributed by atoms with Gasteiger partial charge in [-0.2, -0.15) is 5.10 Å². The van der Waals surface area contributed by atoms with Crippen molar-refractivity contribution in [1.29, 1.82) is 0 Å².